The number of aromatic nitrogens is 1. The van der Waals surface area contributed by atoms with Gasteiger partial charge in [0.1, 0.15) is 0 Å². The first-order valence-corrected chi connectivity index (χ1v) is 5.12. The Morgan fingerprint density at radius 3 is 2.86 bits per heavy atom. The molecule has 1 fully saturated rings. The van der Waals surface area contributed by atoms with Gasteiger partial charge in [0.05, 0.1) is 17.8 Å². The highest BCUT2D eigenvalue weighted by molar-refractivity contribution is 5.19. The molecular weight excluding hydrogens is 176 g/mol. The van der Waals surface area contributed by atoms with Crippen molar-refractivity contribution < 1.29 is 4.74 Å². The lowest BCUT2D eigenvalue weighted by molar-refractivity contribution is 0.230. The molecule has 3 nitrogen and oxygen atoms in total. The Hall–Kier alpha value is -1.09. The fourth-order valence-corrected chi connectivity index (χ4v) is 1.47. The fourth-order valence-electron chi connectivity index (χ4n) is 1.47. The molecule has 1 aromatic rings. The summed E-state index contributed by atoms with van der Waals surface area (Å²) in [5.74, 6) is 0.728. The van der Waals surface area contributed by atoms with Crippen LogP contribution in [0.3, 0.4) is 0 Å². The normalized spacial score (nSPS) is 20.6. The maximum Gasteiger partial charge on any atom is 0.213 e. The van der Waals surface area contributed by atoms with E-state index in [9.17, 15) is 0 Å². The summed E-state index contributed by atoms with van der Waals surface area (Å²) in [6.07, 6.45) is 1.37. The van der Waals surface area contributed by atoms with E-state index in [1.807, 2.05) is 32.0 Å². The standard InChI is InChI=1S/C11H16N2O/c1-8(2)14-11-5-3-4-10(13-11)9-6-7-12-9/h3-5,8-9,12H,6-7H2,1-2H3. The van der Waals surface area contributed by atoms with E-state index >= 15 is 0 Å². The minimum Gasteiger partial charge on any atom is -0.475 e. The first-order chi connectivity index (χ1) is 6.75. The Bertz CT molecular complexity index is 308. The highest BCUT2D eigenvalue weighted by atomic mass is 16.5. The van der Waals surface area contributed by atoms with Gasteiger partial charge in [-0.1, -0.05) is 6.07 Å². The highest BCUT2D eigenvalue weighted by Crippen LogP contribution is 2.22. The zero-order valence-electron chi connectivity index (χ0n) is 8.66. The van der Waals surface area contributed by atoms with Gasteiger partial charge in [0.25, 0.3) is 0 Å². The van der Waals surface area contributed by atoms with Crippen molar-refractivity contribution in [2.24, 2.45) is 0 Å². The first kappa shape index (κ1) is 9.46. The molecule has 0 spiro atoms. The van der Waals surface area contributed by atoms with Crippen LogP contribution >= 0.6 is 0 Å². The van der Waals surface area contributed by atoms with Gasteiger partial charge in [-0.15, -0.1) is 0 Å². The molecule has 0 saturated carbocycles. The molecule has 2 heterocycles. The van der Waals surface area contributed by atoms with Gasteiger partial charge in [-0.05, 0) is 32.9 Å². The lowest BCUT2D eigenvalue weighted by Gasteiger charge is -2.27. The van der Waals surface area contributed by atoms with Crippen molar-refractivity contribution in [2.45, 2.75) is 32.4 Å². The lowest BCUT2D eigenvalue weighted by atomic mass is 10.0. The summed E-state index contributed by atoms with van der Waals surface area (Å²) < 4.78 is 5.53. The Morgan fingerprint density at radius 1 is 1.50 bits per heavy atom. The van der Waals surface area contributed by atoms with E-state index in [4.69, 9.17) is 4.74 Å². The van der Waals surface area contributed by atoms with E-state index < -0.39 is 0 Å². The van der Waals surface area contributed by atoms with Crippen LogP contribution < -0.4 is 10.1 Å². The molecule has 1 N–H and O–H groups in total. The van der Waals surface area contributed by atoms with Crippen molar-refractivity contribution in [1.29, 1.82) is 0 Å². The summed E-state index contributed by atoms with van der Waals surface area (Å²) in [6, 6.07) is 6.39. The Morgan fingerprint density at radius 2 is 2.29 bits per heavy atom. The molecular formula is C11H16N2O. The molecule has 0 aromatic carbocycles. The van der Waals surface area contributed by atoms with Crippen LogP contribution in [0.2, 0.25) is 0 Å². The smallest absolute Gasteiger partial charge is 0.213 e. The number of nitrogens with zero attached hydrogens (tertiary/aromatic N) is 1. The van der Waals surface area contributed by atoms with Gasteiger partial charge in [0.2, 0.25) is 5.88 Å². The maximum absolute atomic E-state index is 5.53. The molecule has 1 aliphatic rings. The minimum atomic E-state index is 0.187. The third-order valence-corrected chi connectivity index (χ3v) is 2.28. The summed E-state index contributed by atoms with van der Waals surface area (Å²) in [5.41, 5.74) is 1.09. The van der Waals surface area contributed by atoms with Crippen LogP contribution in [0.4, 0.5) is 0 Å². The molecule has 0 aliphatic carbocycles. The number of ether oxygens (including phenoxy) is 1. The molecule has 3 heteroatoms. The molecule has 1 aromatic heterocycles. The Labute approximate surface area is 84.5 Å². The van der Waals surface area contributed by atoms with Crippen molar-refractivity contribution in [3.63, 3.8) is 0 Å². The largest absolute Gasteiger partial charge is 0.475 e. The topological polar surface area (TPSA) is 34.1 Å². The zero-order chi connectivity index (χ0) is 9.97. The average Bonchev–Trinajstić information content (AvgIpc) is 1.99. The van der Waals surface area contributed by atoms with Gasteiger partial charge < -0.3 is 10.1 Å². The second-order valence-electron chi connectivity index (χ2n) is 3.86. The van der Waals surface area contributed by atoms with E-state index in [1.165, 1.54) is 6.42 Å². The second kappa shape index (κ2) is 3.96. The Balaban J connectivity index is 2.09. The quantitative estimate of drug-likeness (QED) is 0.794. The third-order valence-electron chi connectivity index (χ3n) is 2.28. The van der Waals surface area contributed by atoms with Gasteiger partial charge in [-0.25, -0.2) is 4.98 Å². The van der Waals surface area contributed by atoms with Crippen LogP contribution in [0.5, 0.6) is 5.88 Å². The fraction of sp³-hybridized carbons (Fsp3) is 0.545. The van der Waals surface area contributed by atoms with Gasteiger partial charge in [0, 0.05) is 6.07 Å². The molecule has 0 amide bonds. The zero-order valence-corrected chi connectivity index (χ0v) is 8.66. The number of pyridine rings is 1. The van der Waals surface area contributed by atoms with Crippen molar-refractivity contribution >= 4 is 0 Å². The number of rotatable bonds is 3. The van der Waals surface area contributed by atoms with E-state index in [0.29, 0.717) is 6.04 Å². The summed E-state index contributed by atoms with van der Waals surface area (Å²) in [4.78, 5) is 4.45. The number of hydrogen-bond donors (Lipinski definition) is 1. The van der Waals surface area contributed by atoms with Crippen LogP contribution in [-0.4, -0.2) is 17.6 Å². The van der Waals surface area contributed by atoms with Crippen LogP contribution in [0, 0.1) is 0 Å². The summed E-state index contributed by atoms with van der Waals surface area (Å²) in [7, 11) is 0. The van der Waals surface area contributed by atoms with Crippen LogP contribution in [0.15, 0.2) is 18.2 Å². The Kier molecular flexibility index (Phi) is 2.68. The number of hydrogen-bond acceptors (Lipinski definition) is 3. The molecule has 0 bridgehead atoms. The molecule has 1 aliphatic heterocycles. The summed E-state index contributed by atoms with van der Waals surface area (Å²) in [5, 5.41) is 3.32. The molecule has 1 saturated heterocycles. The van der Waals surface area contributed by atoms with Gasteiger partial charge in [-0.2, -0.15) is 0 Å². The minimum absolute atomic E-state index is 0.187. The molecule has 76 valence electrons. The van der Waals surface area contributed by atoms with Crippen molar-refractivity contribution in [2.75, 3.05) is 6.54 Å². The van der Waals surface area contributed by atoms with Crippen molar-refractivity contribution in [3.8, 4) is 5.88 Å². The molecule has 2 rings (SSSR count). The van der Waals surface area contributed by atoms with Crippen LogP contribution in [0.25, 0.3) is 0 Å². The predicted octanol–water partition coefficient (Wildman–Crippen LogP) is 1.90. The van der Waals surface area contributed by atoms with E-state index in [2.05, 4.69) is 10.3 Å². The summed E-state index contributed by atoms with van der Waals surface area (Å²) in [6.45, 7) is 5.12. The van der Waals surface area contributed by atoms with E-state index in [1.54, 1.807) is 0 Å². The number of nitrogens with one attached hydrogen (secondary N) is 1. The predicted molar refractivity (Wildman–Crippen MR) is 55.4 cm³/mol. The second-order valence-corrected chi connectivity index (χ2v) is 3.86. The maximum atomic E-state index is 5.53. The van der Waals surface area contributed by atoms with Gasteiger partial charge >= 0.3 is 0 Å². The monoisotopic (exact) mass is 192 g/mol. The molecule has 0 radical (unpaired) electrons. The van der Waals surface area contributed by atoms with Gasteiger partial charge in [0.15, 0.2) is 0 Å². The lowest BCUT2D eigenvalue weighted by Crippen LogP contribution is -2.35. The van der Waals surface area contributed by atoms with Crippen molar-refractivity contribution in [1.82, 2.24) is 10.3 Å². The average molecular weight is 192 g/mol. The SMILES string of the molecule is CC(C)Oc1cccc(C2CCN2)n1. The first-order valence-electron chi connectivity index (χ1n) is 5.12. The summed E-state index contributed by atoms with van der Waals surface area (Å²) >= 11 is 0. The van der Waals surface area contributed by atoms with Crippen molar-refractivity contribution in [3.05, 3.63) is 23.9 Å². The molecule has 14 heavy (non-hydrogen) atoms. The van der Waals surface area contributed by atoms with Crippen LogP contribution in [-0.2, 0) is 0 Å². The van der Waals surface area contributed by atoms with E-state index in [0.717, 1.165) is 18.1 Å². The third kappa shape index (κ3) is 2.04. The highest BCUT2D eigenvalue weighted by Gasteiger charge is 2.19. The van der Waals surface area contributed by atoms with Gasteiger partial charge in [-0.3, -0.25) is 0 Å². The molecule has 1 unspecified atom stereocenters. The van der Waals surface area contributed by atoms with Crippen LogP contribution in [0.1, 0.15) is 32.0 Å². The van der Waals surface area contributed by atoms with E-state index in [-0.39, 0.29) is 6.10 Å². The molecule has 1 atom stereocenters.